The third-order valence-corrected chi connectivity index (χ3v) is 5.67. The van der Waals surface area contributed by atoms with E-state index in [-0.39, 0.29) is 11.7 Å². The van der Waals surface area contributed by atoms with Gasteiger partial charge < -0.3 is 9.64 Å². The lowest BCUT2D eigenvalue weighted by Gasteiger charge is -2.21. The van der Waals surface area contributed by atoms with E-state index in [1.165, 1.54) is 23.6 Å². The van der Waals surface area contributed by atoms with Crippen LogP contribution >= 0.6 is 11.3 Å². The van der Waals surface area contributed by atoms with Gasteiger partial charge in [0.2, 0.25) is 0 Å². The average Bonchev–Trinajstić information content (AvgIpc) is 2.97. The lowest BCUT2D eigenvalue weighted by Crippen LogP contribution is -2.27. The molecule has 24 heavy (non-hydrogen) atoms. The molecule has 1 heterocycles. The van der Waals surface area contributed by atoms with Gasteiger partial charge in [0.1, 0.15) is 0 Å². The van der Waals surface area contributed by atoms with Crippen molar-refractivity contribution in [3.63, 3.8) is 0 Å². The minimum Gasteiger partial charge on any atom is -0.494 e. The van der Waals surface area contributed by atoms with E-state index < -0.39 is 5.82 Å². The van der Waals surface area contributed by atoms with E-state index in [2.05, 4.69) is 6.92 Å². The topological polar surface area (TPSA) is 29.5 Å². The van der Waals surface area contributed by atoms with Crippen LogP contribution in [-0.4, -0.2) is 25.0 Å². The van der Waals surface area contributed by atoms with Gasteiger partial charge in [-0.2, -0.15) is 0 Å². The number of methoxy groups -OCH3 is 1. The summed E-state index contributed by atoms with van der Waals surface area (Å²) in [6, 6.07) is 4.81. The van der Waals surface area contributed by atoms with Gasteiger partial charge in [-0.1, -0.05) is 13.0 Å². The molecule has 0 bridgehead atoms. The summed E-state index contributed by atoms with van der Waals surface area (Å²) in [7, 11) is 3.20. The fourth-order valence-corrected chi connectivity index (χ4v) is 4.45. The third-order valence-electron chi connectivity index (χ3n) is 4.61. The Labute approximate surface area is 146 Å². The highest BCUT2D eigenvalue weighted by molar-refractivity contribution is 7.10. The molecule has 0 N–H and O–H groups in total. The maximum atomic E-state index is 13.8. The lowest BCUT2D eigenvalue weighted by atomic mass is 9.88. The van der Waals surface area contributed by atoms with Gasteiger partial charge in [0.15, 0.2) is 11.6 Å². The summed E-state index contributed by atoms with van der Waals surface area (Å²) in [4.78, 5) is 15.8. The predicted molar refractivity (Wildman–Crippen MR) is 94.3 cm³/mol. The second-order valence-corrected chi connectivity index (χ2v) is 7.49. The lowest BCUT2D eigenvalue weighted by molar-refractivity contribution is 0.0784. The maximum absolute atomic E-state index is 13.8. The number of halogens is 1. The minimum absolute atomic E-state index is 0.0123. The molecule has 5 heteroatoms. The van der Waals surface area contributed by atoms with Crippen molar-refractivity contribution in [2.45, 2.75) is 32.7 Å². The molecule has 128 valence electrons. The van der Waals surface area contributed by atoms with Gasteiger partial charge in [-0.25, -0.2) is 4.39 Å². The largest absolute Gasteiger partial charge is 0.494 e. The molecular formula is C19H22FNO2S. The zero-order chi connectivity index (χ0) is 17.3. The third kappa shape index (κ3) is 3.31. The molecule has 0 radical (unpaired) electrons. The quantitative estimate of drug-likeness (QED) is 0.825. The molecule has 0 fully saturated rings. The van der Waals surface area contributed by atoms with Crippen LogP contribution in [-0.2, 0) is 19.4 Å². The zero-order valence-electron chi connectivity index (χ0n) is 14.3. The molecule has 0 spiro atoms. The summed E-state index contributed by atoms with van der Waals surface area (Å²) in [6.45, 7) is 2.63. The average molecular weight is 347 g/mol. The van der Waals surface area contributed by atoms with E-state index >= 15 is 0 Å². The normalized spacial score (nSPS) is 16.6. The van der Waals surface area contributed by atoms with Crippen molar-refractivity contribution in [1.29, 1.82) is 0 Å². The Hall–Kier alpha value is -1.88. The number of carbonyl (C=O) groups is 1. The van der Waals surface area contributed by atoms with Crippen LogP contribution in [0.3, 0.4) is 0 Å². The summed E-state index contributed by atoms with van der Waals surface area (Å²) in [6.07, 6.45) is 3.18. The van der Waals surface area contributed by atoms with Crippen molar-refractivity contribution in [3.05, 3.63) is 51.0 Å². The Balaban J connectivity index is 1.75. The molecule has 0 saturated carbocycles. The predicted octanol–water partition coefficient (Wildman–Crippen LogP) is 4.29. The van der Waals surface area contributed by atoms with Crippen LogP contribution in [0.5, 0.6) is 5.75 Å². The molecule has 1 aromatic carbocycles. The first-order valence-corrected chi connectivity index (χ1v) is 9.04. The van der Waals surface area contributed by atoms with Gasteiger partial charge in [0, 0.05) is 23.8 Å². The van der Waals surface area contributed by atoms with E-state index in [1.807, 2.05) is 5.38 Å². The highest BCUT2D eigenvalue weighted by Crippen LogP contribution is 2.33. The number of hydrogen-bond donors (Lipinski definition) is 0. The van der Waals surface area contributed by atoms with Crippen molar-refractivity contribution >= 4 is 17.2 Å². The van der Waals surface area contributed by atoms with Crippen LogP contribution in [0.15, 0.2) is 23.6 Å². The number of hydrogen-bond acceptors (Lipinski definition) is 3. The summed E-state index contributed by atoms with van der Waals surface area (Å²) in [5, 5.41) is 1.98. The van der Waals surface area contributed by atoms with Crippen molar-refractivity contribution in [2.75, 3.05) is 14.2 Å². The monoisotopic (exact) mass is 347 g/mol. The van der Waals surface area contributed by atoms with Crippen molar-refractivity contribution in [1.82, 2.24) is 4.90 Å². The summed E-state index contributed by atoms with van der Waals surface area (Å²) in [5.41, 5.74) is 2.79. The molecule has 1 unspecified atom stereocenters. The Kier molecular flexibility index (Phi) is 4.90. The number of thiophene rings is 1. The number of nitrogens with zero attached hydrogens (tertiary/aromatic N) is 1. The van der Waals surface area contributed by atoms with E-state index in [4.69, 9.17) is 4.74 Å². The fraction of sp³-hybridized carbons (Fsp3) is 0.421. The number of ether oxygens (including phenoxy) is 1. The molecule has 1 amide bonds. The van der Waals surface area contributed by atoms with Crippen LogP contribution in [0.25, 0.3) is 0 Å². The van der Waals surface area contributed by atoms with Gasteiger partial charge in [-0.3, -0.25) is 4.79 Å². The van der Waals surface area contributed by atoms with Gasteiger partial charge >= 0.3 is 0 Å². The van der Waals surface area contributed by atoms with Crippen molar-refractivity contribution in [2.24, 2.45) is 5.92 Å². The van der Waals surface area contributed by atoms with Crippen molar-refractivity contribution < 1.29 is 13.9 Å². The molecule has 3 rings (SSSR count). The SMILES string of the molecule is COc1ccc(CN(C)C(=O)c2csc3c2CCC(C)C3)cc1F. The smallest absolute Gasteiger partial charge is 0.255 e. The van der Waals surface area contributed by atoms with Gasteiger partial charge in [0.05, 0.1) is 12.7 Å². The van der Waals surface area contributed by atoms with E-state index in [0.29, 0.717) is 12.5 Å². The number of carbonyl (C=O) groups excluding carboxylic acids is 1. The molecule has 1 aromatic heterocycles. The molecule has 0 saturated heterocycles. The summed E-state index contributed by atoms with van der Waals surface area (Å²) in [5.74, 6) is 0.517. The Morgan fingerprint density at radius 1 is 1.46 bits per heavy atom. The summed E-state index contributed by atoms with van der Waals surface area (Å²) < 4.78 is 18.7. The second kappa shape index (κ2) is 6.93. The Morgan fingerprint density at radius 2 is 2.25 bits per heavy atom. The Bertz CT molecular complexity index is 756. The number of rotatable bonds is 4. The van der Waals surface area contributed by atoms with E-state index in [0.717, 1.165) is 30.4 Å². The molecule has 0 aliphatic heterocycles. The van der Waals surface area contributed by atoms with Crippen LogP contribution in [0, 0.1) is 11.7 Å². The first kappa shape index (κ1) is 17.0. The standard InChI is InChI=1S/C19H22FNO2S/c1-12-4-6-14-15(11-24-18(14)8-12)19(22)21(2)10-13-5-7-17(23-3)16(20)9-13/h5,7,9,11-12H,4,6,8,10H2,1-3H3. The van der Waals surface area contributed by atoms with Gasteiger partial charge in [-0.15, -0.1) is 11.3 Å². The van der Waals surface area contributed by atoms with Gasteiger partial charge in [0.25, 0.3) is 5.91 Å². The number of benzene rings is 1. The van der Waals surface area contributed by atoms with E-state index in [9.17, 15) is 9.18 Å². The fourth-order valence-electron chi connectivity index (χ4n) is 3.22. The number of amides is 1. The number of fused-ring (bicyclic) bond motifs is 1. The van der Waals surface area contributed by atoms with Crippen LogP contribution in [0.2, 0.25) is 0 Å². The van der Waals surface area contributed by atoms with E-state index in [1.54, 1.807) is 35.4 Å². The maximum Gasteiger partial charge on any atom is 0.255 e. The molecule has 1 atom stereocenters. The zero-order valence-corrected chi connectivity index (χ0v) is 15.1. The molecular weight excluding hydrogens is 325 g/mol. The molecule has 3 nitrogen and oxygen atoms in total. The first-order valence-electron chi connectivity index (χ1n) is 8.16. The Morgan fingerprint density at radius 3 is 2.96 bits per heavy atom. The molecule has 1 aliphatic carbocycles. The molecule has 2 aromatic rings. The second-order valence-electron chi connectivity index (χ2n) is 6.53. The summed E-state index contributed by atoms with van der Waals surface area (Å²) >= 11 is 1.69. The highest BCUT2D eigenvalue weighted by Gasteiger charge is 2.24. The van der Waals surface area contributed by atoms with Gasteiger partial charge in [-0.05, 0) is 48.4 Å². The van der Waals surface area contributed by atoms with Crippen LogP contribution in [0.4, 0.5) is 4.39 Å². The minimum atomic E-state index is -0.405. The van der Waals surface area contributed by atoms with Crippen LogP contribution < -0.4 is 4.74 Å². The molecule has 1 aliphatic rings. The first-order chi connectivity index (χ1) is 11.5. The highest BCUT2D eigenvalue weighted by atomic mass is 32.1. The van der Waals surface area contributed by atoms with Crippen molar-refractivity contribution in [3.8, 4) is 5.75 Å². The van der Waals surface area contributed by atoms with Crippen LogP contribution in [0.1, 0.15) is 39.7 Å².